The number of nitrogens with zero attached hydrogens (tertiary/aromatic N) is 3. The Morgan fingerprint density at radius 3 is 2.39 bits per heavy atom. The van der Waals surface area contributed by atoms with E-state index in [0.717, 1.165) is 5.56 Å². The second kappa shape index (κ2) is 9.33. The first kappa shape index (κ1) is 15.1. The fraction of sp³-hybridized carbons (Fsp3) is 0. The summed E-state index contributed by atoms with van der Waals surface area (Å²) < 4.78 is 0. The van der Waals surface area contributed by atoms with Crippen LogP contribution in [-0.2, 0) is 0 Å². The fourth-order valence-electron chi connectivity index (χ4n) is 0.857. The van der Waals surface area contributed by atoms with Crippen molar-refractivity contribution in [1.82, 2.24) is 0 Å². The van der Waals surface area contributed by atoms with Crippen molar-refractivity contribution in [3.05, 3.63) is 52.1 Å². The second-order valence-corrected chi connectivity index (χ2v) is 2.80. The Morgan fingerprint density at radius 2 is 1.89 bits per heavy atom. The predicted octanol–water partition coefficient (Wildman–Crippen LogP) is 0.611. The monoisotopic (exact) mass is 251 g/mol. The first-order valence-corrected chi connectivity index (χ1v) is 4.69. The summed E-state index contributed by atoms with van der Waals surface area (Å²) >= 11 is 0. The lowest BCUT2D eigenvalue weighted by Gasteiger charge is -1.87. The average Bonchev–Trinajstić information content (AvgIpc) is 2.29. The molecule has 1 rings (SSSR count). The standard InChI is InChI=1S/C10H12N4.HNO3/c11-10(12)14-13-8-4-7-9-5-2-1-3-6-9;2-1(3)4/h1-8H,(H4,11,12,14);(H,2,3,4)/b7-4+,13-8+;. The summed E-state index contributed by atoms with van der Waals surface area (Å²) in [4.78, 5) is 8.36. The molecule has 0 aliphatic carbocycles. The summed E-state index contributed by atoms with van der Waals surface area (Å²) in [6.45, 7) is 0. The molecular formula is C10H13N5O3. The Balaban J connectivity index is 0.000000631. The van der Waals surface area contributed by atoms with Crippen molar-refractivity contribution in [3.63, 3.8) is 0 Å². The maximum Gasteiger partial charge on any atom is 0.291 e. The van der Waals surface area contributed by atoms with Gasteiger partial charge in [-0.05, 0) is 11.6 Å². The van der Waals surface area contributed by atoms with E-state index in [0.29, 0.717) is 0 Å². The molecule has 18 heavy (non-hydrogen) atoms. The van der Waals surface area contributed by atoms with Gasteiger partial charge >= 0.3 is 0 Å². The van der Waals surface area contributed by atoms with Crippen LogP contribution in [-0.4, -0.2) is 22.5 Å². The number of rotatable bonds is 3. The lowest BCUT2D eigenvalue weighted by Crippen LogP contribution is -2.21. The summed E-state index contributed by atoms with van der Waals surface area (Å²) in [5.41, 5.74) is 11.3. The Kier molecular flexibility index (Phi) is 7.83. The maximum absolute atomic E-state index is 8.36. The van der Waals surface area contributed by atoms with Gasteiger partial charge in [0, 0.05) is 6.21 Å². The van der Waals surface area contributed by atoms with Gasteiger partial charge in [-0.3, -0.25) is 0 Å². The number of benzene rings is 1. The van der Waals surface area contributed by atoms with Gasteiger partial charge < -0.3 is 16.7 Å². The van der Waals surface area contributed by atoms with Crippen molar-refractivity contribution < 1.29 is 10.3 Å². The number of nitrogens with two attached hydrogens (primary N) is 2. The zero-order valence-corrected chi connectivity index (χ0v) is 9.38. The third-order valence-corrected chi connectivity index (χ3v) is 1.41. The smallest absolute Gasteiger partial charge is 0.291 e. The van der Waals surface area contributed by atoms with Crippen molar-refractivity contribution >= 4 is 18.3 Å². The fourth-order valence-corrected chi connectivity index (χ4v) is 0.857. The molecule has 0 spiro atoms. The predicted molar refractivity (Wildman–Crippen MR) is 68.6 cm³/mol. The van der Waals surface area contributed by atoms with Crippen molar-refractivity contribution in [2.75, 3.05) is 0 Å². The van der Waals surface area contributed by atoms with Crippen LogP contribution in [0.2, 0.25) is 0 Å². The van der Waals surface area contributed by atoms with Crippen LogP contribution in [0.3, 0.4) is 0 Å². The van der Waals surface area contributed by atoms with Crippen LogP contribution in [0.5, 0.6) is 0 Å². The van der Waals surface area contributed by atoms with Crippen LogP contribution in [0.15, 0.2) is 46.6 Å². The Morgan fingerprint density at radius 1 is 1.33 bits per heavy atom. The molecule has 0 aliphatic rings. The van der Waals surface area contributed by atoms with E-state index in [9.17, 15) is 0 Å². The van der Waals surface area contributed by atoms with Crippen molar-refractivity contribution in [3.8, 4) is 0 Å². The largest absolute Gasteiger partial charge is 0.369 e. The minimum absolute atomic E-state index is 0.0469. The van der Waals surface area contributed by atoms with E-state index >= 15 is 0 Å². The molecule has 0 saturated carbocycles. The lowest BCUT2D eigenvalue weighted by atomic mass is 10.2. The zero-order valence-electron chi connectivity index (χ0n) is 9.38. The highest BCUT2D eigenvalue weighted by Gasteiger charge is 1.79. The molecule has 0 saturated heterocycles. The van der Waals surface area contributed by atoms with Crippen molar-refractivity contribution in [1.29, 1.82) is 0 Å². The molecule has 0 radical (unpaired) electrons. The molecule has 1 aromatic rings. The van der Waals surface area contributed by atoms with Gasteiger partial charge in [-0.2, -0.15) is 5.10 Å². The number of hydrogen-bond acceptors (Lipinski definition) is 4. The van der Waals surface area contributed by atoms with Gasteiger partial charge in [0.25, 0.3) is 5.09 Å². The topological polar surface area (TPSA) is 140 Å². The minimum atomic E-state index is -1.50. The molecule has 8 heteroatoms. The molecule has 8 nitrogen and oxygen atoms in total. The van der Waals surface area contributed by atoms with Gasteiger partial charge in [-0.25, -0.2) is 0 Å². The molecule has 0 fully saturated rings. The van der Waals surface area contributed by atoms with Gasteiger partial charge in [0.1, 0.15) is 0 Å². The van der Waals surface area contributed by atoms with Crippen LogP contribution in [0, 0.1) is 10.1 Å². The van der Waals surface area contributed by atoms with Gasteiger partial charge in [-0.15, -0.1) is 15.2 Å². The maximum atomic E-state index is 8.36. The van der Waals surface area contributed by atoms with Crippen LogP contribution in [0.4, 0.5) is 0 Å². The molecule has 1 aromatic carbocycles. The summed E-state index contributed by atoms with van der Waals surface area (Å²) in [7, 11) is 0. The minimum Gasteiger partial charge on any atom is -0.369 e. The number of guanidine groups is 1. The van der Waals surface area contributed by atoms with Gasteiger partial charge in [0.15, 0.2) is 0 Å². The van der Waals surface area contributed by atoms with E-state index in [1.807, 2.05) is 36.4 Å². The highest BCUT2D eigenvalue weighted by molar-refractivity contribution is 5.80. The first-order chi connectivity index (χ1) is 8.52. The first-order valence-electron chi connectivity index (χ1n) is 4.69. The summed E-state index contributed by atoms with van der Waals surface area (Å²) in [5.74, 6) is -0.0469. The Bertz CT molecular complexity index is 434. The second-order valence-electron chi connectivity index (χ2n) is 2.80. The van der Waals surface area contributed by atoms with Crippen LogP contribution < -0.4 is 11.5 Å². The molecule has 0 amide bonds. The van der Waals surface area contributed by atoms with E-state index in [4.69, 9.17) is 26.8 Å². The van der Waals surface area contributed by atoms with E-state index in [1.165, 1.54) is 6.21 Å². The molecule has 0 bridgehead atoms. The molecule has 0 atom stereocenters. The average molecular weight is 251 g/mol. The van der Waals surface area contributed by atoms with Crippen molar-refractivity contribution in [2.24, 2.45) is 21.7 Å². The molecular weight excluding hydrogens is 238 g/mol. The normalized spacial score (nSPS) is 9.78. The van der Waals surface area contributed by atoms with E-state index in [1.54, 1.807) is 6.08 Å². The molecule has 0 heterocycles. The SMILES string of the molecule is NC(N)=N/N=C/C=C/c1ccccc1.O=[N+]([O-])O. The molecule has 0 unspecified atom stereocenters. The quantitative estimate of drug-likeness (QED) is 0.312. The van der Waals surface area contributed by atoms with Crippen LogP contribution in [0.1, 0.15) is 5.56 Å². The highest BCUT2D eigenvalue weighted by atomic mass is 16.9. The molecule has 5 N–H and O–H groups in total. The number of allylic oxidation sites excluding steroid dienone is 1. The molecule has 0 aliphatic heterocycles. The summed E-state index contributed by atoms with van der Waals surface area (Å²) in [6.07, 6.45) is 5.19. The Hall–Kier alpha value is -2.90. The third kappa shape index (κ3) is 11.2. The van der Waals surface area contributed by atoms with E-state index in [2.05, 4.69) is 10.2 Å². The van der Waals surface area contributed by atoms with Crippen LogP contribution in [0.25, 0.3) is 6.08 Å². The van der Waals surface area contributed by atoms with E-state index in [-0.39, 0.29) is 5.96 Å². The molecule has 0 aromatic heterocycles. The van der Waals surface area contributed by atoms with E-state index < -0.39 is 5.09 Å². The van der Waals surface area contributed by atoms with Crippen molar-refractivity contribution in [2.45, 2.75) is 0 Å². The summed E-state index contributed by atoms with van der Waals surface area (Å²) in [6, 6.07) is 9.88. The van der Waals surface area contributed by atoms with Crippen LogP contribution >= 0.6 is 0 Å². The number of hydrogen-bond donors (Lipinski definition) is 3. The van der Waals surface area contributed by atoms with Gasteiger partial charge in [0.2, 0.25) is 5.96 Å². The highest BCUT2D eigenvalue weighted by Crippen LogP contribution is 1.99. The Labute approximate surface area is 103 Å². The molecule has 96 valence electrons. The van der Waals surface area contributed by atoms with Gasteiger partial charge in [-0.1, -0.05) is 36.4 Å². The summed E-state index contributed by atoms with van der Waals surface area (Å²) in [5, 5.41) is 20.7. The van der Waals surface area contributed by atoms with Gasteiger partial charge in [0.05, 0.1) is 0 Å². The lowest BCUT2D eigenvalue weighted by molar-refractivity contribution is -0.742. The zero-order chi connectivity index (χ0) is 13.8. The third-order valence-electron chi connectivity index (χ3n) is 1.41.